The predicted molar refractivity (Wildman–Crippen MR) is 163 cm³/mol. The van der Waals surface area contributed by atoms with Gasteiger partial charge in [0.1, 0.15) is 24.0 Å². The summed E-state index contributed by atoms with van der Waals surface area (Å²) in [5.74, 6) is 1.22. The molecular weight excluding hydrogens is 616 g/mol. The normalized spacial score (nSPS) is 15.6. The van der Waals surface area contributed by atoms with E-state index >= 15 is 0 Å². The van der Waals surface area contributed by atoms with Crippen molar-refractivity contribution >= 4 is 67.3 Å². The number of para-hydroxylation sites is 1. The maximum absolute atomic E-state index is 12.9. The average Bonchev–Trinajstić information content (AvgIpc) is 3.35. The van der Waals surface area contributed by atoms with Gasteiger partial charge in [0.05, 0.1) is 21.7 Å². The first-order valence-electron chi connectivity index (χ1n) is 12.4. The number of aryl methyl sites for hydroxylation is 1. The molecule has 0 radical (unpaired) electrons. The van der Waals surface area contributed by atoms with Crippen LogP contribution < -0.4 is 14.2 Å². The van der Waals surface area contributed by atoms with Crippen molar-refractivity contribution in [3.63, 3.8) is 0 Å². The van der Waals surface area contributed by atoms with Crippen molar-refractivity contribution in [2.75, 3.05) is 19.8 Å². The van der Waals surface area contributed by atoms with Gasteiger partial charge in [-0.3, -0.25) is 10.2 Å². The van der Waals surface area contributed by atoms with E-state index in [-0.39, 0.29) is 11.4 Å². The highest BCUT2D eigenvalue weighted by atomic mass is 79.9. The highest BCUT2D eigenvalue weighted by molar-refractivity contribution is 9.10. The van der Waals surface area contributed by atoms with E-state index in [4.69, 9.17) is 31.2 Å². The first-order valence-corrected chi connectivity index (χ1v) is 14.4. The number of nitrogens with zero attached hydrogens (tertiary/aromatic N) is 3. The number of hydrogen-bond donors (Lipinski definition) is 1. The highest BCUT2D eigenvalue weighted by Gasteiger charge is 2.36. The number of rotatable bonds is 9. The lowest BCUT2D eigenvalue weighted by Crippen LogP contribution is -2.35. The maximum Gasteiger partial charge on any atom is 0.283 e. The third kappa shape index (κ3) is 5.94. The van der Waals surface area contributed by atoms with Crippen LogP contribution in [0, 0.1) is 12.3 Å². The molecule has 3 aromatic rings. The number of amidine groups is 2. The molecule has 11 heteroatoms. The van der Waals surface area contributed by atoms with Crippen molar-refractivity contribution in [2.24, 2.45) is 10.1 Å². The predicted octanol–water partition coefficient (Wildman–Crippen LogP) is 6.93. The topological polar surface area (TPSA) is 96.6 Å². The highest BCUT2D eigenvalue weighted by Crippen LogP contribution is 2.38. The smallest absolute Gasteiger partial charge is 0.283 e. The Hall–Kier alpha value is -3.60. The molecule has 0 bridgehead atoms. The molecule has 1 N–H and O–H groups in total. The van der Waals surface area contributed by atoms with Crippen molar-refractivity contribution < 1.29 is 19.0 Å². The van der Waals surface area contributed by atoms with Crippen molar-refractivity contribution in [2.45, 2.75) is 13.8 Å². The summed E-state index contributed by atoms with van der Waals surface area (Å²) in [6, 6.07) is 18.6. The van der Waals surface area contributed by atoms with Crippen LogP contribution in [-0.2, 0) is 4.79 Å². The van der Waals surface area contributed by atoms with E-state index in [0.717, 1.165) is 11.3 Å². The van der Waals surface area contributed by atoms with E-state index in [1.807, 2.05) is 56.3 Å². The minimum Gasteiger partial charge on any atom is -0.490 e. The summed E-state index contributed by atoms with van der Waals surface area (Å²) >= 11 is 11.1. The van der Waals surface area contributed by atoms with Crippen LogP contribution in [0.2, 0.25) is 5.02 Å². The number of carbonyl (C=O) groups excluding carboxylic acids is 1. The number of carbonyl (C=O) groups is 1. The molecule has 204 valence electrons. The first kappa shape index (κ1) is 27.9. The molecule has 5 rings (SSSR count). The number of halogens is 2. The molecule has 0 aromatic heterocycles. The van der Waals surface area contributed by atoms with Crippen LogP contribution in [0.15, 0.2) is 80.8 Å². The zero-order valence-corrected chi connectivity index (χ0v) is 24.8. The van der Waals surface area contributed by atoms with Crippen molar-refractivity contribution in [3.8, 4) is 17.2 Å². The molecule has 40 heavy (non-hydrogen) atoms. The van der Waals surface area contributed by atoms with Gasteiger partial charge in [-0.05, 0) is 83.0 Å². The zero-order valence-electron chi connectivity index (χ0n) is 21.6. The van der Waals surface area contributed by atoms with Crippen molar-refractivity contribution in [1.82, 2.24) is 5.01 Å². The molecule has 0 unspecified atom stereocenters. The molecule has 0 saturated carbocycles. The van der Waals surface area contributed by atoms with Gasteiger partial charge in [0, 0.05) is 5.56 Å². The SMILES string of the molecule is CCOc1cc(/C=C2/C(=N)N3N=C(c4ccccc4Cl)SC3=NC2=O)cc(Br)c1OCCOc1ccccc1C. The van der Waals surface area contributed by atoms with Gasteiger partial charge in [0.15, 0.2) is 17.3 Å². The van der Waals surface area contributed by atoms with E-state index < -0.39 is 5.91 Å². The molecule has 8 nitrogen and oxygen atoms in total. The second-order valence-corrected chi connectivity index (χ2v) is 10.8. The third-order valence-corrected chi connectivity index (χ3v) is 7.74. The van der Waals surface area contributed by atoms with Crippen LogP contribution >= 0.6 is 39.3 Å². The zero-order chi connectivity index (χ0) is 28.2. The Labute approximate surface area is 249 Å². The average molecular weight is 640 g/mol. The standard InChI is InChI=1S/C29H24BrClN4O4S/c1-3-37-24-16-18(15-21(30)25(24)39-13-12-38-23-11-7-4-8-17(23)2)14-20-26(32)35-29(33-27(20)36)40-28(34-35)19-9-5-6-10-22(19)31/h4-11,14-16,32H,3,12-13H2,1-2H3/b20-14-,32-26?. The minimum absolute atomic E-state index is 0.0766. The van der Waals surface area contributed by atoms with Crippen molar-refractivity contribution in [3.05, 3.63) is 92.4 Å². The summed E-state index contributed by atoms with van der Waals surface area (Å²) in [5, 5.41) is 16.0. The second kappa shape index (κ2) is 12.3. The molecule has 2 aliphatic heterocycles. The summed E-state index contributed by atoms with van der Waals surface area (Å²) in [7, 11) is 0. The first-order chi connectivity index (χ1) is 19.4. The summed E-state index contributed by atoms with van der Waals surface area (Å²) in [6.45, 7) is 4.93. The molecule has 2 aliphatic rings. The van der Waals surface area contributed by atoms with Gasteiger partial charge in [-0.2, -0.15) is 15.1 Å². The number of hydrogen-bond acceptors (Lipinski definition) is 7. The van der Waals surface area contributed by atoms with Crippen LogP contribution in [0.25, 0.3) is 6.08 Å². The van der Waals surface area contributed by atoms with Gasteiger partial charge in [0.2, 0.25) is 5.17 Å². The van der Waals surface area contributed by atoms with Crippen LogP contribution in [0.3, 0.4) is 0 Å². The summed E-state index contributed by atoms with van der Waals surface area (Å²) < 4.78 is 18.3. The van der Waals surface area contributed by atoms with E-state index in [9.17, 15) is 4.79 Å². The quantitative estimate of drug-likeness (QED) is 0.201. The van der Waals surface area contributed by atoms with Crippen LogP contribution in [0.1, 0.15) is 23.6 Å². The number of fused-ring (bicyclic) bond motifs is 1. The summed E-state index contributed by atoms with van der Waals surface area (Å²) in [5.41, 5.74) is 2.49. The Bertz CT molecular complexity index is 1590. The Morgan fingerprint density at radius 2 is 1.80 bits per heavy atom. The number of amides is 1. The monoisotopic (exact) mass is 638 g/mol. The molecule has 1 amide bonds. The number of nitrogens with one attached hydrogen (secondary N) is 1. The fourth-order valence-corrected chi connectivity index (χ4v) is 5.78. The third-order valence-electron chi connectivity index (χ3n) is 5.88. The molecule has 3 aromatic carbocycles. The van der Waals surface area contributed by atoms with E-state index in [0.29, 0.717) is 62.2 Å². The Kier molecular flexibility index (Phi) is 8.58. The van der Waals surface area contributed by atoms with E-state index in [2.05, 4.69) is 26.0 Å². The number of benzene rings is 3. The van der Waals surface area contributed by atoms with Gasteiger partial charge in [-0.1, -0.05) is 48.0 Å². The largest absolute Gasteiger partial charge is 0.490 e. The maximum atomic E-state index is 12.9. The molecule has 0 fully saturated rings. The van der Waals surface area contributed by atoms with Gasteiger partial charge in [0.25, 0.3) is 5.91 Å². The molecule has 0 atom stereocenters. The Balaban J connectivity index is 1.35. The van der Waals surface area contributed by atoms with Crippen LogP contribution in [0.5, 0.6) is 17.2 Å². The van der Waals surface area contributed by atoms with Crippen LogP contribution in [-0.4, -0.2) is 46.8 Å². The van der Waals surface area contributed by atoms with E-state index in [1.165, 1.54) is 16.8 Å². The summed E-state index contributed by atoms with van der Waals surface area (Å²) in [6.07, 6.45) is 1.59. The number of ether oxygens (including phenoxy) is 3. The number of thioether (sulfide) groups is 1. The van der Waals surface area contributed by atoms with Gasteiger partial charge in [-0.15, -0.1) is 0 Å². The number of aliphatic imine (C=N–C) groups is 1. The molecular formula is C29H24BrClN4O4S. The fraction of sp³-hybridized carbons (Fsp3) is 0.172. The second-order valence-electron chi connectivity index (χ2n) is 8.63. The molecule has 0 spiro atoms. The minimum atomic E-state index is -0.526. The number of hydrazone groups is 1. The lowest BCUT2D eigenvalue weighted by atomic mass is 10.1. The lowest BCUT2D eigenvalue weighted by molar-refractivity contribution is -0.114. The van der Waals surface area contributed by atoms with Gasteiger partial charge in [-0.25, -0.2) is 0 Å². The summed E-state index contributed by atoms with van der Waals surface area (Å²) in [4.78, 5) is 17.1. The van der Waals surface area contributed by atoms with Gasteiger partial charge >= 0.3 is 0 Å². The van der Waals surface area contributed by atoms with E-state index in [1.54, 1.807) is 24.3 Å². The van der Waals surface area contributed by atoms with Crippen molar-refractivity contribution in [1.29, 1.82) is 5.41 Å². The lowest BCUT2D eigenvalue weighted by Gasteiger charge is -2.20. The van der Waals surface area contributed by atoms with Crippen LogP contribution in [0.4, 0.5) is 0 Å². The Morgan fingerprint density at radius 3 is 2.58 bits per heavy atom. The molecule has 0 saturated heterocycles. The Morgan fingerprint density at radius 1 is 1.05 bits per heavy atom. The molecule has 0 aliphatic carbocycles. The fourth-order valence-electron chi connectivity index (χ4n) is 3.99. The molecule has 2 heterocycles. The van der Waals surface area contributed by atoms with Gasteiger partial charge < -0.3 is 14.2 Å².